The van der Waals surface area contributed by atoms with E-state index >= 15 is 0 Å². The molecule has 0 unspecified atom stereocenters. The molecule has 32 heavy (non-hydrogen) atoms. The van der Waals surface area contributed by atoms with Crippen LogP contribution in [0.4, 0.5) is 0 Å². The minimum absolute atomic E-state index is 0.0661. The Balaban J connectivity index is 1.56. The molecule has 3 aromatic carbocycles. The first-order valence-corrected chi connectivity index (χ1v) is 9.71. The number of nitrogens with zero attached hydrogens (tertiary/aromatic N) is 2. The van der Waals surface area contributed by atoms with Gasteiger partial charge in [-0.25, -0.2) is 9.78 Å². The molecule has 0 amide bonds. The van der Waals surface area contributed by atoms with Crippen LogP contribution in [0.5, 0.6) is 0 Å². The molecule has 0 radical (unpaired) electrons. The third-order valence-corrected chi connectivity index (χ3v) is 4.79. The number of aliphatic hydroxyl groups excluding tert-OH is 1. The van der Waals surface area contributed by atoms with E-state index in [-0.39, 0.29) is 28.3 Å². The first-order chi connectivity index (χ1) is 15.6. The van der Waals surface area contributed by atoms with Gasteiger partial charge in [0.15, 0.2) is 17.4 Å². The van der Waals surface area contributed by atoms with Crippen LogP contribution >= 0.6 is 0 Å². The number of rotatable bonds is 6. The average molecular weight is 423 g/mol. The van der Waals surface area contributed by atoms with Crippen LogP contribution in [0.15, 0.2) is 84.6 Å². The van der Waals surface area contributed by atoms with E-state index in [1.807, 2.05) is 12.1 Å². The number of carbonyl (C=O) groups is 2. The highest BCUT2D eigenvalue weighted by Gasteiger charge is 2.20. The molecule has 0 saturated heterocycles. The van der Waals surface area contributed by atoms with Crippen molar-refractivity contribution in [1.29, 1.82) is 5.26 Å². The Kier molecular flexibility index (Phi) is 5.77. The second-order valence-corrected chi connectivity index (χ2v) is 6.85. The normalized spacial score (nSPS) is 11.5. The molecule has 1 heterocycles. The Morgan fingerprint density at radius 1 is 0.938 bits per heavy atom. The highest BCUT2D eigenvalue weighted by atomic mass is 16.5. The summed E-state index contributed by atoms with van der Waals surface area (Å²) in [6.07, 6.45) is 0. The van der Waals surface area contributed by atoms with Gasteiger partial charge in [0, 0.05) is 11.1 Å². The summed E-state index contributed by atoms with van der Waals surface area (Å²) in [7, 11) is 0. The molecule has 0 spiro atoms. The smallest absolute Gasteiger partial charge is 0.339 e. The van der Waals surface area contributed by atoms with Gasteiger partial charge in [-0.15, -0.1) is 0 Å². The number of H-pyrrole nitrogens is 1. The van der Waals surface area contributed by atoms with Gasteiger partial charge in [0.25, 0.3) is 0 Å². The fourth-order valence-corrected chi connectivity index (χ4v) is 3.21. The number of ketones is 1. The van der Waals surface area contributed by atoms with Crippen LogP contribution in [0, 0.1) is 11.3 Å². The minimum Gasteiger partial charge on any atom is -0.507 e. The lowest BCUT2D eigenvalue weighted by molar-refractivity contribution is 0.0500. The Morgan fingerprint density at radius 3 is 2.31 bits per heavy atom. The van der Waals surface area contributed by atoms with Crippen LogP contribution in [0.2, 0.25) is 0 Å². The van der Waals surface area contributed by atoms with Crippen molar-refractivity contribution in [3.05, 3.63) is 107 Å². The number of benzene rings is 3. The molecule has 0 bridgehead atoms. The number of hydrogen-bond donors (Lipinski definition) is 2. The van der Waals surface area contributed by atoms with E-state index < -0.39 is 18.3 Å². The molecule has 0 saturated carbocycles. The lowest BCUT2D eigenvalue weighted by atomic mass is 9.98. The van der Waals surface area contributed by atoms with Crippen LogP contribution in [0.1, 0.15) is 32.1 Å². The molecule has 4 rings (SSSR count). The number of allylic oxidation sites excluding steroid dienone is 1. The molecule has 4 aromatic rings. The quantitative estimate of drug-likeness (QED) is 0.205. The van der Waals surface area contributed by atoms with E-state index in [2.05, 4.69) is 9.97 Å². The number of fused-ring (bicyclic) bond motifs is 1. The predicted molar refractivity (Wildman–Crippen MR) is 118 cm³/mol. The zero-order valence-corrected chi connectivity index (χ0v) is 16.8. The van der Waals surface area contributed by atoms with Gasteiger partial charge in [-0.2, -0.15) is 5.26 Å². The van der Waals surface area contributed by atoms with E-state index in [1.54, 1.807) is 60.7 Å². The summed E-state index contributed by atoms with van der Waals surface area (Å²) in [5, 5.41) is 19.9. The summed E-state index contributed by atoms with van der Waals surface area (Å²) < 4.78 is 5.20. The maximum absolute atomic E-state index is 12.8. The van der Waals surface area contributed by atoms with Gasteiger partial charge in [-0.1, -0.05) is 60.7 Å². The average Bonchev–Trinajstić information content (AvgIpc) is 3.26. The predicted octanol–water partition coefficient (Wildman–Crippen LogP) is 4.44. The van der Waals surface area contributed by atoms with E-state index in [0.717, 1.165) is 0 Å². The van der Waals surface area contributed by atoms with Crippen LogP contribution in [0.25, 0.3) is 16.6 Å². The molecule has 156 valence electrons. The minimum atomic E-state index is -0.793. The summed E-state index contributed by atoms with van der Waals surface area (Å²) in [4.78, 5) is 32.7. The molecule has 0 atom stereocenters. The van der Waals surface area contributed by atoms with Crippen LogP contribution < -0.4 is 0 Å². The lowest BCUT2D eigenvalue weighted by Gasteiger charge is -2.09. The summed E-state index contributed by atoms with van der Waals surface area (Å²) in [6.45, 7) is -0.549. The van der Waals surface area contributed by atoms with Crippen molar-refractivity contribution in [2.24, 2.45) is 0 Å². The van der Waals surface area contributed by atoms with Crippen molar-refractivity contribution in [2.75, 3.05) is 6.61 Å². The van der Waals surface area contributed by atoms with Gasteiger partial charge in [0.1, 0.15) is 18.2 Å². The number of nitriles is 1. The van der Waals surface area contributed by atoms with Gasteiger partial charge in [-0.3, -0.25) is 4.79 Å². The number of esters is 1. The molecule has 7 nitrogen and oxygen atoms in total. The van der Waals surface area contributed by atoms with E-state index in [4.69, 9.17) is 4.74 Å². The molecule has 0 aliphatic heterocycles. The number of aromatic nitrogens is 2. The number of carbonyl (C=O) groups excluding carboxylic acids is 2. The van der Waals surface area contributed by atoms with Gasteiger partial charge in [0.2, 0.25) is 0 Å². The number of aliphatic hydroxyl groups is 1. The van der Waals surface area contributed by atoms with Crippen molar-refractivity contribution in [3.63, 3.8) is 0 Å². The molecule has 2 N–H and O–H groups in total. The molecular weight excluding hydrogens is 406 g/mol. The third kappa shape index (κ3) is 4.11. The largest absolute Gasteiger partial charge is 0.507 e. The van der Waals surface area contributed by atoms with Gasteiger partial charge in [-0.05, 0) is 18.2 Å². The molecule has 7 heteroatoms. The van der Waals surface area contributed by atoms with Crippen molar-refractivity contribution >= 4 is 28.4 Å². The second kappa shape index (κ2) is 8.98. The Labute approximate surface area is 183 Å². The Bertz CT molecular complexity index is 1350. The highest BCUT2D eigenvalue weighted by molar-refractivity contribution is 6.14. The monoisotopic (exact) mass is 423 g/mol. The van der Waals surface area contributed by atoms with Crippen LogP contribution in [-0.4, -0.2) is 33.4 Å². The van der Waals surface area contributed by atoms with Crippen LogP contribution in [-0.2, 0) is 4.74 Å². The number of imidazole rings is 1. The summed E-state index contributed by atoms with van der Waals surface area (Å²) in [5.41, 5.74) is 1.89. The van der Waals surface area contributed by atoms with Crippen LogP contribution in [0.3, 0.4) is 0 Å². The molecule has 0 aliphatic carbocycles. The fraction of sp³-hybridized carbons (Fsp3) is 0.0400. The molecular formula is C25H17N3O4. The maximum Gasteiger partial charge on any atom is 0.339 e. The van der Waals surface area contributed by atoms with Gasteiger partial charge in [0.05, 0.1) is 16.6 Å². The highest BCUT2D eigenvalue weighted by Crippen LogP contribution is 2.20. The lowest BCUT2D eigenvalue weighted by Crippen LogP contribution is -2.14. The number of aromatic amines is 1. The van der Waals surface area contributed by atoms with Crippen molar-refractivity contribution in [1.82, 2.24) is 9.97 Å². The van der Waals surface area contributed by atoms with Crippen molar-refractivity contribution < 1.29 is 19.4 Å². The SMILES string of the molecule is N#C/C(=C(/O)COC(=O)c1ccccc1C(=O)c1ccccc1)c1nc2ccccc2[nH]1. The van der Waals surface area contributed by atoms with E-state index in [9.17, 15) is 20.0 Å². The zero-order valence-electron chi connectivity index (χ0n) is 16.8. The fourth-order valence-electron chi connectivity index (χ4n) is 3.21. The number of ether oxygens (including phenoxy) is 1. The number of nitrogens with one attached hydrogen (secondary N) is 1. The number of hydrogen-bond acceptors (Lipinski definition) is 6. The molecule has 1 aromatic heterocycles. The summed E-state index contributed by atoms with van der Waals surface area (Å²) >= 11 is 0. The first-order valence-electron chi connectivity index (χ1n) is 9.71. The maximum atomic E-state index is 12.8. The van der Waals surface area contributed by atoms with Gasteiger partial charge >= 0.3 is 5.97 Å². The molecule has 0 fully saturated rings. The van der Waals surface area contributed by atoms with Crippen molar-refractivity contribution in [3.8, 4) is 6.07 Å². The number of para-hydroxylation sites is 2. The third-order valence-electron chi connectivity index (χ3n) is 4.79. The second-order valence-electron chi connectivity index (χ2n) is 6.85. The first kappa shape index (κ1) is 20.6. The van der Waals surface area contributed by atoms with Crippen molar-refractivity contribution in [2.45, 2.75) is 0 Å². The summed E-state index contributed by atoms with van der Waals surface area (Å²) in [5.74, 6) is -1.40. The Hall–Kier alpha value is -4.70. The van der Waals surface area contributed by atoms with E-state index in [0.29, 0.717) is 16.6 Å². The topological polar surface area (TPSA) is 116 Å². The Morgan fingerprint density at radius 2 is 1.59 bits per heavy atom. The van der Waals surface area contributed by atoms with E-state index in [1.165, 1.54) is 12.1 Å². The molecule has 0 aliphatic rings. The summed E-state index contributed by atoms with van der Waals surface area (Å²) in [6, 6.07) is 23.9. The standard InChI is InChI=1S/C25H17N3O4/c26-14-19(24-27-20-12-6-7-13-21(20)28-24)22(29)15-32-25(31)18-11-5-4-10-17(18)23(30)16-8-2-1-3-9-16/h1-13,29H,15H2,(H,27,28)/b22-19-. The zero-order chi connectivity index (χ0) is 22.5. The van der Waals surface area contributed by atoms with Gasteiger partial charge < -0.3 is 14.8 Å².